The second kappa shape index (κ2) is 8.03. The maximum Gasteiger partial charge on any atom is 1.00 e. The van der Waals surface area contributed by atoms with Crippen molar-refractivity contribution in [3.05, 3.63) is 81.4 Å². The molecule has 0 radical (unpaired) electrons. The standard InChI is InChI=1S/C22H19NO6S.Na/c1-22(2)10-9-14(17(11-22)30(27,28)29)23-15-7-8-16(24)19-18(15)20(25)12-5-3-4-6-13(12)21(19)26;/h3-10,23-24H,11H2,1-2H3,(H,27,28,29);/q;+1/p-1. The van der Waals surface area contributed by atoms with Gasteiger partial charge in [0.25, 0.3) is 0 Å². The van der Waals surface area contributed by atoms with Crippen molar-refractivity contribution in [1.82, 2.24) is 0 Å². The van der Waals surface area contributed by atoms with Gasteiger partial charge in [0.2, 0.25) is 0 Å². The van der Waals surface area contributed by atoms with Gasteiger partial charge in [-0.1, -0.05) is 44.2 Å². The molecule has 0 spiro atoms. The minimum absolute atomic E-state index is 0. The Labute approximate surface area is 201 Å². The molecule has 4 rings (SSSR count). The molecule has 2 aliphatic rings. The Morgan fingerprint density at radius 2 is 1.58 bits per heavy atom. The summed E-state index contributed by atoms with van der Waals surface area (Å²) < 4.78 is 35.5. The number of aromatic hydroxyl groups is 1. The molecule has 0 saturated heterocycles. The predicted molar refractivity (Wildman–Crippen MR) is 109 cm³/mol. The third-order valence-corrected chi connectivity index (χ3v) is 6.21. The van der Waals surface area contributed by atoms with Crippen molar-refractivity contribution in [2.45, 2.75) is 20.3 Å². The fourth-order valence-electron chi connectivity index (χ4n) is 3.76. The fraction of sp³-hybridized carbons (Fsp3) is 0.182. The first-order valence-corrected chi connectivity index (χ1v) is 10.6. The van der Waals surface area contributed by atoms with Crippen LogP contribution in [0.3, 0.4) is 0 Å². The van der Waals surface area contributed by atoms with Gasteiger partial charge in [-0.25, -0.2) is 8.42 Å². The first-order chi connectivity index (χ1) is 14.0. The number of hydrogen-bond donors (Lipinski definition) is 2. The van der Waals surface area contributed by atoms with E-state index in [4.69, 9.17) is 0 Å². The Morgan fingerprint density at radius 1 is 1.00 bits per heavy atom. The normalized spacial score (nSPS) is 17.0. The topological polar surface area (TPSA) is 124 Å². The maximum absolute atomic E-state index is 13.1. The Bertz CT molecular complexity index is 1290. The van der Waals surface area contributed by atoms with Gasteiger partial charge in [-0.3, -0.25) is 9.59 Å². The largest absolute Gasteiger partial charge is 1.00 e. The molecule has 0 heterocycles. The van der Waals surface area contributed by atoms with Crippen LogP contribution in [0, 0.1) is 5.41 Å². The summed E-state index contributed by atoms with van der Waals surface area (Å²) in [5.41, 5.74) is -0.203. The molecule has 9 heteroatoms. The van der Waals surface area contributed by atoms with Gasteiger partial charge in [-0.15, -0.1) is 0 Å². The van der Waals surface area contributed by atoms with Crippen LogP contribution in [0.2, 0.25) is 0 Å². The van der Waals surface area contributed by atoms with Gasteiger partial charge in [0.15, 0.2) is 11.6 Å². The molecule has 0 bridgehead atoms. The summed E-state index contributed by atoms with van der Waals surface area (Å²) in [5.74, 6) is -1.34. The number of rotatable bonds is 3. The van der Waals surface area contributed by atoms with E-state index in [9.17, 15) is 27.7 Å². The summed E-state index contributed by atoms with van der Waals surface area (Å²) in [6, 6.07) is 8.91. The van der Waals surface area contributed by atoms with Crippen molar-refractivity contribution in [3.63, 3.8) is 0 Å². The zero-order chi connectivity index (χ0) is 21.8. The zero-order valence-electron chi connectivity index (χ0n) is 17.2. The molecule has 0 fully saturated rings. The van der Waals surface area contributed by atoms with E-state index in [1.165, 1.54) is 30.3 Å². The Morgan fingerprint density at radius 3 is 2.16 bits per heavy atom. The smallest absolute Gasteiger partial charge is 0.744 e. The molecule has 154 valence electrons. The van der Waals surface area contributed by atoms with E-state index in [0.29, 0.717) is 0 Å². The minimum atomic E-state index is -4.75. The number of allylic oxidation sites excluding steroid dienone is 3. The fourth-order valence-corrected chi connectivity index (χ4v) is 4.70. The molecule has 0 saturated carbocycles. The third-order valence-electron chi connectivity index (χ3n) is 5.24. The number of ketones is 2. The van der Waals surface area contributed by atoms with E-state index in [2.05, 4.69) is 5.32 Å². The molecule has 2 aliphatic carbocycles. The molecular formula is C22H18NNaO6S. The van der Waals surface area contributed by atoms with Crippen LogP contribution < -0.4 is 34.9 Å². The Balaban J connectivity index is 0.00000272. The van der Waals surface area contributed by atoms with Gasteiger partial charge in [0.1, 0.15) is 15.9 Å². The van der Waals surface area contributed by atoms with Crippen LogP contribution in [0.25, 0.3) is 0 Å². The van der Waals surface area contributed by atoms with Crippen molar-refractivity contribution >= 4 is 27.4 Å². The summed E-state index contributed by atoms with van der Waals surface area (Å²) in [6.45, 7) is 3.60. The van der Waals surface area contributed by atoms with Gasteiger partial charge in [-0.05, 0) is 30.0 Å². The van der Waals surface area contributed by atoms with Crippen LogP contribution >= 0.6 is 0 Å². The number of fused-ring (bicyclic) bond motifs is 2. The van der Waals surface area contributed by atoms with Gasteiger partial charge in [0.05, 0.1) is 27.4 Å². The monoisotopic (exact) mass is 447 g/mol. The third kappa shape index (κ3) is 4.14. The van der Waals surface area contributed by atoms with Crippen molar-refractivity contribution < 1.29 is 57.2 Å². The van der Waals surface area contributed by atoms with E-state index in [1.54, 1.807) is 32.1 Å². The number of nitrogens with one attached hydrogen (secondary N) is 1. The van der Waals surface area contributed by atoms with E-state index in [0.717, 1.165) is 0 Å². The molecule has 0 atom stereocenters. The van der Waals surface area contributed by atoms with Crippen molar-refractivity contribution in [3.8, 4) is 5.75 Å². The maximum atomic E-state index is 13.1. The number of phenolic OH excluding ortho intramolecular Hbond substituents is 1. The second-order valence-corrected chi connectivity index (χ2v) is 9.40. The van der Waals surface area contributed by atoms with Crippen LogP contribution in [0.1, 0.15) is 52.1 Å². The first-order valence-electron chi connectivity index (χ1n) is 9.19. The Kier molecular flexibility index (Phi) is 6.07. The number of benzene rings is 2. The van der Waals surface area contributed by atoms with Crippen LogP contribution in [-0.2, 0) is 10.1 Å². The van der Waals surface area contributed by atoms with E-state index in [1.807, 2.05) is 0 Å². The second-order valence-electron chi connectivity index (χ2n) is 8.00. The van der Waals surface area contributed by atoms with Gasteiger partial charge in [-0.2, -0.15) is 0 Å². The summed E-state index contributed by atoms with van der Waals surface area (Å²) in [7, 11) is -4.75. The summed E-state index contributed by atoms with van der Waals surface area (Å²) in [4.78, 5) is 25.7. The van der Waals surface area contributed by atoms with Crippen molar-refractivity contribution in [2.75, 3.05) is 5.32 Å². The summed E-state index contributed by atoms with van der Waals surface area (Å²) in [5, 5.41) is 13.1. The molecule has 2 N–H and O–H groups in total. The molecule has 2 aromatic carbocycles. The number of phenols is 1. The molecule has 31 heavy (non-hydrogen) atoms. The van der Waals surface area contributed by atoms with Crippen LogP contribution in [0.5, 0.6) is 5.75 Å². The van der Waals surface area contributed by atoms with Gasteiger partial charge in [0, 0.05) is 11.1 Å². The van der Waals surface area contributed by atoms with Crippen LogP contribution in [0.15, 0.2) is 59.2 Å². The van der Waals surface area contributed by atoms with Crippen LogP contribution in [0.4, 0.5) is 5.69 Å². The SMILES string of the molecule is CC1(C)C=CC(Nc2ccc(O)c3c2C(=O)c2ccccc2C3=O)=C(S(=O)(=O)[O-])C1.[Na+]. The zero-order valence-corrected chi connectivity index (χ0v) is 20.0. The van der Waals surface area contributed by atoms with Crippen molar-refractivity contribution in [2.24, 2.45) is 5.41 Å². The first kappa shape index (κ1) is 23.4. The molecule has 0 aromatic heterocycles. The van der Waals surface area contributed by atoms with Gasteiger partial charge < -0.3 is 15.0 Å². The van der Waals surface area contributed by atoms with Crippen LogP contribution in [-0.4, -0.2) is 29.6 Å². The molecule has 7 nitrogen and oxygen atoms in total. The van der Waals surface area contributed by atoms with E-state index >= 15 is 0 Å². The molecule has 2 aromatic rings. The average molecular weight is 447 g/mol. The molecule has 0 aliphatic heterocycles. The molecule has 0 unspecified atom stereocenters. The number of carbonyl (C=O) groups is 2. The minimum Gasteiger partial charge on any atom is -0.744 e. The quantitative estimate of drug-likeness (QED) is 0.337. The summed E-state index contributed by atoms with van der Waals surface area (Å²) in [6.07, 6.45) is 3.24. The molecule has 0 amide bonds. The number of hydrogen-bond acceptors (Lipinski definition) is 7. The predicted octanol–water partition coefficient (Wildman–Crippen LogP) is 0.326. The van der Waals surface area contributed by atoms with Gasteiger partial charge >= 0.3 is 29.6 Å². The number of anilines is 1. The van der Waals surface area contributed by atoms with Crippen molar-refractivity contribution in [1.29, 1.82) is 0 Å². The number of carbonyl (C=O) groups excluding carboxylic acids is 2. The van der Waals surface area contributed by atoms with E-state index in [-0.39, 0.29) is 80.3 Å². The molecular weight excluding hydrogens is 429 g/mol. The van der Waals surface area contributed by atoms with E-state index < -0.39 is 27.1 Å². The Hall–Kier alpha value is -2.23. The average Bonchev–Trinajstić information content (AvgIpc) is 2.67. The summed E-state index contributed by atoms with van der Waals surface area (Å²) >= 11 is 0.